The summed E-state index contributed by atoms with van der Waals surface area (Å²) in [6.07, 6.45) is 11.1. The second kappa shape index (κ2) is 11.6. The van der Waals surface area contributed by atoms with Gasteiger partial charge in [0.15, 0.2) is 0 Å². The fourth-order valence-corrected chi connectivity index (χ4v) is 3.00. The van der Waals surface area contributed by atoms with Crippen LogP contribution < -0.4 is 0 Å². The van der Waals surface area contributed by atoms with Crippen LogP contribution in [-0.4, -0.2) is 25.7 Å². The van der Waals surface area contributed by atoms with Gasteiger partial charge < -0.3 is 9.47 Å². The van der Waals surface area contributed by atoms with Crippen molar-refractivity contribution in [3.63, 3.8) is 0 Å². The monoisotopic (exact) mass is 298 g/mol. The van der Waals surface area contributed by atoms with Crippen molar-refractivity contribution < 1.29 is 19.1 Å². The molecule has 122 valence electrons. The molecule has 21 heavy (non-hydrogen) atoms. The van der Waals surface area contributed by atoms with Crippen molar-refractivity contribution in [1.82, 2.24) is 0 Å². The molecular weight excluding hydrogens is 268 g/mol. The largest absolute Gasteiger partial charge is 0.468 e. The van der Waals surface area contributed by atoms with E-state index < -0.39 is 0 Å². The van der Waals surface area contributed by atoms with E-state index in [1.165, 1.54) is 38.5 Å². The Morgan fingerprint density at radius 3 is 2.43 bits per heavy atom. The minimum atomic E-state index is -0.0293. The molecule has 0 saturated heterocycles. The van der Waals surface area contributed by atoms with Crippen LogP contribution in [-0.2, 0) is 19.1 Å². The van der Waals surface area contributed by atoms with Gasteiger partial charge in [-0.25, -0.2) is 0 Å². The molecule has 0 amide bonds. The normalized spacial score (nSPS) is 21.8. The predicted octanol–water partition coefficient (Wildman–Crippen LogP) is 3.87. The summed E-state index contributed by atoms with van der Waals surface area (Å²) in [5.74, 6) is 0.901. The molecule has 0 bridgehead atoms. The summed E-state index contributed by atoms with van der Waals surface area (Å²) in [5.41, 5.74) is 0. The van der Waals surface area contributed by atoms with E-state index in [1.807, 2.05) is 0 Å². The summed E-state index contributed by atoms with van der Waals surface area (Å²) in [5, 5.41) is 0. The topological polar surface area (TPSA) is 52.6 Å². The third kappa shape index (κ3) is 8.08. The highest BCUT2D eigenvalue weighted by Gasteiger charge is 2.26. The Balaban J connectivity index is 2.04. The lowest BCUT2D eigenvalue weighted by Crippen LogP contribution is -2.24. The first-order valence-corrected chi connectivity index (χ1v) is 8.49. The van der Waals surface area contributed by atoms with E-state index in [0.29, 0.717) is 19.7 Å². The van der Waals surface area contributed by atoms with Crippen molar-refractivity contribution in [2.75, 3.05) is 13.2 Å². The van der Waals surface area contributed by atoms with Gasteiger partial charge >= 0.3 is 5.97 Å². The highest BCUT2D eigenvalue weighted by molar-refractivity contribution is 5.72. The number of carbonyl (C=O) groups is 2. The molecule has 0 atom stereocenters. The van der Waals surface area contributed by atoms with Crippen LogP contribution in [0.25, 0.3) is 0 Å². The Morgan fingerprint density at radius 2 is 1.76 bits per heavy atom. The second-order valence-corrected chi connectivity index (χ2v) is 6.06. The van der Waals surface area contributed by atoms with Crippen molar-refractivity contribution >= 4 is 12.4 Å². The number of hydrogen-bond acceptors (Lipinski definition) is 4. The van der Waals surface area contributed by atoms with Crippen LogP contribution in [0.3, 0.4) is 0 Å². The van der Waals surface area contributed by atoms with Crippen molar-refractivity contribution in [3.8, 4) is 0 Å². The Labute approximate surface area is 128 Å². The number of esters is 1. The average molecular weight is 298 g/mol. The quantitative estimate of drug-likeness (QED) is 0.330. The Hall–Kier alpha value is -1.06. The number of hydrogen-bond donors (Lipinski definition) is 0. The zero-order valence-electron chi connectivity index (χ0n) is 13.4. The molecule has 0 unspecified atom stereocenters. The first-order valence-electron chi connectivity index (χ1n) is 8.49. The van der Waals surface area contributed by atoms with Crippen LogP contribution in [0.5, 0.6) is 0 Å². The maximum absolute atomic E-state index is 11.9. The summed E-state index contributed by atoms with van der Waals surface area (Å²) >= 11 is 0. The minimum absolute atomic E-state index is 0.0293. The fourth-order valence-electron chi connectivity index (χ4n) is 3.00. The number of rotatable bonds is 11. The van der Waals surface area contributed by atoms with E-state index in [0.717, 1.165) is 31.6 Å². The van der Waals surface area contributed by atoms with Gasteiger partial charge in [-0.3, -0.25) is 9.59 Å². The highest BCUT2D eigenvalue weighted by Crippen LogP contribution is 2.32. The summed E-state index contributed by atoms with van der Waals surface area (Å²) in [7, 11) is 0. The zero-order valence-corrected chi connectivity index (χ0v) is 13.4. The van der Waals surface area contributed by atoms with Crippen LogP contribution in [0.15, 0.2) is 0 Å². The van der Waals surface area contributed by atoms with Crippen molar-refractivity contribution in [3.05, 3.63) is 0 Å². The maximum atomic E-state index is 11.9. The minimum Gasteiger partial charge on any atom is -0.468 e. The molecule has 1 saturated carbocycles. The van der Waals surface area contributed by atoms with Crippen LogP contribution in [0.1, 0.15) is 71.1 Å². The molecule has 1 rings (SSSR count). The lowest BCUT2D eigenvalue weighted by Gasteiger charge is -2.27. The third-order valence-electron chi connectivity index (χ3n) is 4.36. The van der Waals surface area contributed by atoms with E-state index in [1.54, 1.807) is 0 Å². The molecule has 0 aromatic heterocycles. The van der Waals surface area contributed by atoms with Gasteiger partial charge in [-0.15, -0.1) is 0 Å². The van der Waals surface area contributed by atoms with Crippen LogP contribution >= 0.6 is 0 Å². The first kappa shape index (κ1) is 18.0. The van der Waals surface area contributed by atoms with Crippen LogP contribution in [0, 0.1) is 11.8 Å². The number of ether oxygens (including phenoxy) is 2. The van der Waals surface area contributed by atoms with Gasteiger partial charge in [0.1, 0.15) is 0 Å². The SMILES string of the molecule is CCCCCC1CCC(C(=O)OCCCCOC=O)CC1. The van der Waals surface area contributed by atoms with Crippen molar-refractivity contribution in [2.45, 2.75) is 71.1 Å². The molecular formula is C17H30O4. The number of unbranched alkanes of at least 4 members (excludes halogenated alkanes) is 3. The first-order chi connectivity index (χ1) is 10.3. The third-order valence-corrected chi connectivity index (χ3v) is 4.36. The molecule has 0 aliphatic heterocycles. The zero-order chi connectivity index (χ0) is 15.3. The lowest BCUT2D eigenvalue weighted by molar-refractivity contribution is -0.150. The second-order valence-electron chi connectivity index (χ2n) is 6.06. The Kier molecular flexibility index (Phi) is 9.92. The average Bonchev–Trinajstić information content (AvgIpc) is 2.51. The van der Waals surface area contributed by atoms with E-state index in [-0.39, 0.29) is 11.9 Å². The highest BCUT2D eigenvalue weighted by atomic mass is 16.5. The molecule has 1 aliphatic carbocycles. The van der Waals surface area contributed by atoms with Gasteiger partial charge in [0.05, 0.1) is 19.1 Å². The molecule has 1 aliphatic rings. The molecule has 0 aromatic rings. The standard InChI is InChI=1S/C17H30O4/c1-2-3-4-7-15-8-10-16(11-9-15)17(19)21-13-6-5-12-20-14-18/h14-16H,2-13H2,1H3. The predicted molar refractivity (Wildman–Crippen MR) is 81.8 cm³/mol. The van der Waals surface area contributed by atoms with Crippen LogP contribution in [0.4, 0.5) is 0 Å². The van der Waals surface area contributed by atoms with Gasteiger partial charge in [-0.1, -0.05) is 32.6 Å². The van der Waals surface area contributed by atoms with Gasteiger partial charge in [-0.2, -0.15) is 0 Å². The Bertz CT molecular complexity index is 283. The molecule has 0 N–H and O–H groups in total. The molecule has 0 spiro atoms. The van der Waals surface area contributed by atoms with Gasteiger partial charge in [0, 0.05) is 0 Å². The van der Waals surface area contributed by atoms with Crippen LogP contribution in [0.2, 0.25) is 0 Å². The molecule has 0 heterocycles. The number of carbonyl (C=O) groups excluding carboxylic acids is 2. The summed E-state index contributed by atoms with van der Waals surface area (Å²) < 4.78 is 9.90. The maximum Gasteiger partial charge on any atom is 0.308 e. The summed E-state index contributed by atoms with van der Waals surface area (Å²) in [6.45, 7) is 3.53. The van der Waals surface area contributed by atoms with E-state index in [2.05, 4.69) is 11.7 Å². The van der Waals surface area contributed by atoms with Gasteiger partial charge in [0.2, 0.25) is 0 Å². The molecule has 0 aromatic carbocycles. The molecule has 1 fully saturated rings. The molecule has 4 nitrogen and oxygen atoms in total. The van der Waals surface area contributed by atoms with Crippen molar-refractivity contribution in [2.24, 2.45) is 11.8 Å². The molecule has 4 heteroatoms. The smallest absolute Gasteiger partial charge is 0.308 e. The van der Waals surface area contributed by atoms with Crippen molar-refractivity contribution in [1.29, 1.82) is 0 Å². The van der Waals surface area contributed by atoms with E-state index in [4.69, 9.17) is 4.74 Å². The molecule has 0 radical (unpaired) electrons. The summed E-state index contributed by atoms with van der Waals surface area (Å²) in [6, 6.07) is 0. The van der Waals surface area contributed by atoms with Gasteiger partial charge in [-0.05, 0) is 44.4 Å². The summed E-state index contributed by atoms with van der Waals surface area (Å²) in [4.78, 5) is 21.9. The fraction of sp³-hybridized carbons (Fsp3) is 0.882. The van der Waals surface area contributed by atoms with E-state index >= 15 is 0 Å². The van der Waals surface area contributed by atoms with E-state index in [9.17, 15) is 9.59 Å². The van der Waals surface area contributed by atoms with Gasteiger partial charge in [0.25, 0.3) is 6.47 Å². The lowest BCUT2D eigenvalue weighted by atomic mass is 9.80. The Morgan fingerprint density at radius 1 is 1.05 bits per heavy atom.